The van der Waals surface area contributed by atoms with Crippen LogP contribution < -0.4 is 10.4 Å². The Hall–Kier alpha value is -0.810. The lowest BCUT2D eigenvalue weighted by Crippen LogP contribution is -3.22. The lowest BCUT2D eigenvalue weighted by Gasteiger charge is -2.45. The fourth-order valence-electron chi connectivity index (χ4n) is 1.28. The fraction of sp³-hybridized carbons (Fsp3) is 0.889. The number of hydroxylamine groups is 2. The molecule has 1 aliphatic heterocycles. The van der Waals surface area contributed by atoms with Gasteiger partial charge in [-0.05, 0) is 27.7 Å². The van der Waals surface area contributed by atoms with Gasteiger partial charge in [0.25, 0.3) is 0 Å². The summed E-state index contributed by atoms with van der Waals surface area (Å²) in [4.78, 5) is 11.3. The van der Waals surface area contributed by atoms with Gasteiger partial charge < -0.3 is 20.3 Å². The van der Waals surface area contributed by atoms with Crippen LogP contribution in [0.5, 0.6) is 0 Å². The lowest BCUT2D eigenvalue weighted by atomic mass is 10.0. The first kappa shape index (κ1) is 11.3. The average molecular weight is 202 g/mol. The molecular formula is C9H18N2O3. The molecule has 0 saturated carbocycles. The molecule has 0 bridgehead atoms. The van der Waals surface area contributed by atoms with Gasteiger partial charge in [0.05, 0.1) is 0 Å². The van der Waals surface area contributed by atoms with Crippen LogP contribution >= 0.6 is 0 Å². The third-order valence-electron chi connectivity index (χ3n) is 2.23. The van der Waals surface area contributed by atoms with E-state index in [1.54, 1.807) is 0 Å². The van der Waals surface area contributed by atoms with Crippen LogP contribution in [0.4, 0.5) is 4.79 Å². The summed E-state index contributed by atoms with van der Waals surface area (Å²) in [6.07, 6.45) is -0.443. The highest BCUT2D eigenvalue weighted by Gasteiger charge is 2.37. The van der Waals surface area contributed by atoms with Crippen LogP contribution in [0.15, 0.2) is 0 Å². The van der Waals surface area contributed by atoms with Crippen molar-refractivity contribution in [1.29, 1.82) is 0 Å². The summed E-state index contributed by atoms with van der Waals surface area (Å²) in [6.45, 7) is 7.67. The maximum absolute atomic E-state index is 11.3. The number of rotatable bonds is 1. The molecule has 0 aromatic heterocycles. The van der Waals surface area contributed by atoms with Crippen LogP contribution in [0.2, 0.25) is 0 Å². The Labute approximate surface area is 84.0 Å². The second kappa shape index (κ2) is 3.74. The molecule has 2 N–H and O–H groups in total. The van der Waals surface area contributed by atoms with Gasteiger partial charge >= 0.3 is 6.09 Å². The molecular weight excluding hydrogens is 184 g/mol. The number of carbonyl (C=O) groups is 1. The Morgan fingerprint density at radius 1 is 1.57 bits per heavy atom. The van der Waals surface area contributed by atoms with Crippen LogP contribution in [0.25, 0.3) is 0 Å². The molecule has 3 unspecified atom stereocenters. The summed E-state index contributed by atoms with van der Waals surface area (Å²) in [5.74, 6) is 0. The van der Waals surface area contributed by atoms with E-state index in [0.717, 1.165) is 0 Å². The first-order chi connectivity index (χ1) is 6.29. The molecule has 82 valence electrons. The van der Waals surface area contributed by atoms with Crippen LogP contribution in [-0.4, -0.2) is 30.3 Å². The first-order valence-corrected chi connectivity index (χ1v) is 4.82. The molecule has 1 rings (SSSR count). The van der Waals surface area contributed by atoms with Crippen molar-refractivity contribution in [2.45, 2.75) is 45.4 Å². The highest BCUT2D eigenvalue weighted by atomic mass is 16.6. The molecule has 5 heteroatoms. The van der Waals surface area contributed by atoms with Crippen molar-refractivity contribution in [3.05, 3.63) is 5.21 Å². The number of hydrogen-bond acceptors (Lipinski definition) is 3. The van der Waals surface area contributed by atoms with E-state index in [1.807, 2.05) is 27.7 Å². The molecule has 1 heterocycles. The predicted molar refractivity (Wildman–Crippen MR) is 51.8 cm³/mol. The minimum Gasteiger partial charge on any atom is -0.634 e. The molecule has 3 atom stereocenters. The van der Waals surface area contributed by atoms with Gasteiger partial charge in [-0.1, -0.05) is 0 Å². The maximum atomic E-state index is 11.3. The van der Waals surface area contributed by atoms with Crippen LogP contribution in [0.3, 0.4) is 0 Å². The fourth-order valence-corrected chi connectivity index (χ4v) is 1.28. The zero-order valence-electron chi connectivity index (χ0n) is 9.09. The topological polar surface area (TPSA) is 65.8 Å². The Kier molecular flexibility index (Phi) is 3.01. The number of ether oxygens (including phenoxy) is 1. The molecule has 1 fully saturated rings. The number of nitrogens with one attached hydrogen (secondary N) is 2. The lowest BCUT2D eigenvalue weighted by molar-refractivity contribution is -0.921. The van der Waals surface area contributed by atoms with Gasteiger partial charge in [0.1, 0.15) is 24.2 Å². The number of hydrogen-bond donors (Lipinski definition) is 2. The maximum Gasteiger partial charge on any atom is 0.408 e. The number of carbonyl (C=O) groups excluding carboxylic acids is 1. The summed E-state index contributed by atoms with van der Waals surface area (Å²) in [6, 6.07) is -0.111. The molecule has 5 nitrogen and oxygen atoms in total. The van der Waals surface area contributed by atoms with E-state index in [9.17, 15) is 10.0 Å². The molecule has 1 saturated heterocycles. The number of quaternary nitrogens is 1. The van der Waals surface area contributed by atoms with Crippen molar-refractivity contribution < 1.29 is 14.6 Å². The molecule has 1 aliphatic rings. The monoisotopic (exact) mass is 202 g/mol. The van der Waals surface area contributed by atoms with Crippen molar-refractivity contribution in [3.8, 4) is 0 Å². The van der Waals surface area contributed by atoms with E-state index in [-0.39, 0.29) is 17.1 Å². The zero-order chi connectivity index (χ0) is 10.9. The van der Waals surface area contributed by atoms with Crippen LogP contribution in [0, 0.1) is 5.21 Å². The molecule has 0 radical (unpaired) electrons. The highest BCUT2D eigenvalue weighted by molar-refractivity contribution is 5.68. The second-order valence-corrected chi connectivity index (χ2v) is 4.71. The standard InChI is InChI=1S/C9H18N2O3/c1-6-7(5-11(6)13)10-8(12)14-9(2,3)4/h6-7,11H,5H2,1-4H3,(H,10,12). The summed E-state index contributed by atoms with van der Waals surface area (Å²) >= 11 is 0. The Morgan fingerprint density at radius 2 is 2.14 bits per heavy atom. The van der Waals surface area contributed by atoms with Crippen molar-refractivity contribution in [1.82, 2.24) is 5.32 Å². The largest absolute Gasteiger partial charge is 0.634 e. The smallest absolute Gasteiger partial charge is 0.408 e. The molecule has 0 aromatic rings. The molecule has 0 aliphatic carbocycles. The van der Waals surface area contributed by atoms with Gasteiger partial charge in [0.15, 0.2) is 0 Å². The summed E-state index contributed by atoms with van der Waals surface area (Å²) < 4.78 is 5.07. The minimum absolute atomic E-state index is 0.0441. The predicted octanol–water partition coefficient (Wildman–Crippen LogP) is -0.335. The van der Waals surface area contributed by atoms with Crippen LogP contribution in [-0.2, 0) is 4.74 Å². The van der Waals surface area contributed by atoms with E-state index >= 15 is 0 Å². The van der Waals surface area contributed by atoms with E-state index in [2.05, 4.69) is 5.32 Å². The molecule has 14 heavy (non-hydrogen) atoms. The Bertz CT molecular complexity index is 225. The molecule has 0 aromatic carbocycles. The van der Waals surface area contributed by atoms with Gasteiger partial charge in [0.2, 0.25) is 0 Å². The molecule has 0 spiro atoms. The minimum atomic E-state index is -0.485. The van der Waals surface area contributed by atoms with Crippen LogP contribution in [0.1, 0.15) is 27.7 Å². The second-order valence-electron chi connectivity index (χ2n) is 4.71. The number of alkyl carbamates (subject to hydrolysis) is 1. The van der Waals surface area contributed by atoms with Gasteiger partial charge in [-0.15, -0.1) is 0 Å². The Morgan fingerprint density at radius 3 is 2.50 bits per heavy atom. The van der Waals surface area contributed by atoms with Gasteiger partial charge in [-0.25, -0.2) is 4.79 Å². The molecule has 1 amide bonds. The summed E-state index contributed by atoms with van der Waals surface area (Å²) in [5, 5.41) is 13.8. The SMILES string of the molecule is CC1C(NC(=O)OC(C)(C)C)C[NH+]1[O-]. The van der Waals surface area contributed by atoms with E-state index in [1.165, 1.54) is 0 Å². The highest BCUT2D eigenvalue weighted by Crippen LogP contribution is 2.07. The third-order valence-corrected chi connectivity index (χ3v) is 2.23. The quantitative estimate of drug-likeness (QED) is 0.572. The van der Waals surface area contributed by atoms with Crippen molar-refractivity contribution >= 4 is 6.09 Å². The summed E-state index contributed by atoms with van der Waals surface area (Å²) in [5.41, 5.74) is -0.485. The van der Waals surface area contributed by atoms with E-state index in [4.69, 9.17) is 4.74 Å². The average Bonchev–Trinajstić information content (AvgIpc) is 2.00. The van der Waals surface area contributed by atoms with Gasteiger partial charge in [-0.2, -0.15) is 0 Å². The van der Waals surface area contributed by atoms with Gasteiger partial charge in [0, 0.05) is 0 Å². The van der Waals surface area contributed by atoms with E-state index < -0.39 is 11.7 Å². The number of amides is 1. The van der Waals surface area contributed by atoms with Crippen molar-refractivity contribution in [2.75, 3.05) is 6.54 Å². The van der Waals surface area contributed by atoms with E-state index in [0.29, 0.717) is 6.54 Å². The van der Waals surface area contributed by atoms with Gasteiger partial charge in [-0.3, -0.25) is 0 Å². The Balaban J connectivity index is 2.29. The normalized spacial score (nSPS) is 31.9. The third kappa shape index (κ3) is 2.85. The first-order valence-electron chi connectivity index (χ1n) is 4.82. The van der Waals surface area contributed by atoms with Crippen molar-refractivity contribution in [2.24, 2.45) is 0 Å². The van der Waals surface area contributed by atoms with Crippen molar-refractivity contribution in [3.63, 3.8) is 0 Å². The zero-order valence-corrected chi connectivity index (χ0v) is 9.09. The summed E-state index contributed by atoms with van der Waals surface area (Å²) in [7, 11) is 0.